The van der Waals surface area contributed by atoms with Crippen molar-refractivity contribution in [3.8, 4) is 5.75 Å². The maximum absolute atomic E-state index is 12.2. The largest absolute Gasteiger partial charge is 0.491 e. The van der Waals surface area contributed by atoms with Gasteiger partial charge in [-0.05, 0) is 44.0 Å². The maximum atomic E-state index is 12.2. The third-order valence-corrected chi connectivity index (χ3v) is 3.46. The summed E-state index contributed by atoms with van der Waals surface area (Å²) < 4.78 is 5.68. The summed E-state index contributed by atoms with van der Waals surface area (Å²) in [4.78, 5) is 13.8. The van der Waals surface area contributed by atoms with Crippen LogP contribution in [0, 0.1) is 0 Å². The molecule has 0 aliphatic carbocycles. The van der Waals surface area contributed by atoms with Crippen molar-refractivity contribution in [2.75, 3.05) is 13.1 Å². The number of hydrogen-bond donors (Lipinski definition) is 1. The topological polar surface area (TPSA) is 49.8 Å². The molecule has 1 heterocycles. The third kappa shape index (κ3) is 3.47. The van der Waals surface area contributed by atoms with Crippen molar-refractivity contribution in [3.63, 3.8) is 0 Å². The van der Waals surface area contributed by atoms with Gasteiger partial charge in [-0.25, -0.2) is 0 Å². The predicted molar refractivity (Wildman–Crippen MR) is 73.4 cm³/mol. The van der Waals surface area contributed by atoms with Crippen LogP contribution in [0.3, 0.4) is 0 Å². The molecular formula is C15H21NO3. The number of carbonyl (C=O) groups excluding carboxylic acids is 1. The number of likely N-dealkylation sites (tertiary alicyclic amines) is 1. The lowest BCUT2D eigenvalue weighted by molar-refractivity contribution is 0.0765. The zero-order valence-electron chi connectivity index (χ0n) is 11.5. The number of nitrogens with zero attached hydrogens (tertiary/aromatic N) is 1. The van der Waals surface area contributed by atoms with Gasteiger partial charge < -0.3 is 14.7 Å². The molecular weight excluding hydrogens is 242 g/mol. The van der Waals surface area contributed by atoms with Crippen molar-refractivity contribution in [1.82, 2.24) is 4.90 Å². The van der Waals surface area contributed by atoms with Crippen LogP contribution in [0.1, 0.15) is 37.0 Å². The Bertz CT molecular complexity index is 430. The van der Waals surface area contributed by atoms with Gasteiger partial charge in [-0.2, -0.15) is 0 Å². The highest BCUT2D eigenvalue weighted by atomic mass is 16.5. The average Bonchev–Trinajstić information content (AvgIpc) is 2.85. The summed E-state index contributed by atoms with van der Waals surface area (Å²) >= 11 is 0. The molecule has 1 amide bonds. The van der Waals surface area contributed by atoms with Gasteiger partial charge in [0.05, 0.1) is 12.2 Å². The van der Waals surface area contributed by atoms with E-state index < -0.39 is 0 Å². The summed E-state index contributed by atoms with van der Waals surface area (Å²) in [5.41, 5.74) is 0.644. The number of β-amino-alcohol motifs (C(OH)–C–C–N with tert-alkyl or cyclic N) is 1. The van der Waals surface area contributed by atoms with Crippen LogP contribution >= 0.6 is 0 Å². The summed E-state index contributed by atoms with van der Waals surface area (Å²) in [6.45, 7) is 5.15. The van der Waals surface area contributed by atoms with E-state index in [1.807, 2.05) is 19.1 Å². The zero-order chi connectivity index (χ0) is 13.8. The molecule has 104 valence electrons. The quantitative estimate of drug-likeness (QED) is 0.904. The van der Waals surface area contributed by atoms with Crippen molar-refractivity contribution >= 4 is 5.91 Å². The van der Waals surface area contributed by atoms with E-state index in [2.05, 4.69) is 6.92 Å². The smallest absolute Gasteiger partial charge is 0.253 e. The molecule has 0 bridgehead atoms. The van der Waals surface area contributed by atoms with Gasteiger partial charge in [0, 0.05) is 18.7 Å². The predicted octanol–water partition coefficient (Wildman–Crippen LogP) is 2.07. The molecule has 1 aromatic carbocycles. The van der Waals surface area contributed by atoms with Crippen LogP contribution in [0.5, 0.6) is 5.75 Å². The number of carbonyl (C=O) groups is 1. The van der Waals surface area contributed by atoms with Gasteiger partial charge in [-0.15, -0.1) is 0 Å². The molecule has 4 heteroatoms. The molecule has 1 saturated heterocycles. The standard InChI is InChI=1S/C15H21NO3/c1-3-11(2)19-14-6-4-12(5-7-14)15(18)16-9-8-13(17)10-16/h4-7,11,13,17H,3,8-10H2,1-2H3/t11?,13-/m1/s1. The summed E-state index contributed by atoms with van der Waals surface area (Å²) in [5.74, 6) is 0.763. The number of aliphatic hydroxyl groups is 1. The minimum atomic E-state index is -0.378. The lowest BCUT2D eigenvalue weighted by Gasteiger charge is -2.16. The molecule has 2 rings (SSSR count). The van der Waals surface area contributed by atoms with Crippen molar-refractivity contribution in [2.45, 2.75) is 38.9 Å². The first-order valence-electron chi connectivity index (χ1n) is 6.84. The number of amides is 1. The first-order valence-corrected chi connectivity index (χ1v) is 6.84. The van der Waals surface area contributed by atoms with E-state index in [1.165, 1.54) is 0 Å². The van der Waals surface area contributed by atoms with Gasteiger partial charge >= 0.3 is 0 Å². The Hall–Kier alpha value is -1.55. The van der Waals surface area contributed by atoms with Gasteiger partial charge in [0.2, 0.25) is 0 Å². The Kier molecular flexibility index (Phi) is 4.43. The highest BCUT2D eigenvalue weighted by molar-refractivity contribution is 5.94. The number of aliphatic hydroxyl groups excluding tert-OH is 1. The lowest BCUT2D eigenvalue weighted by Crippen LogP contribution is -2.29. The molecule has 4 nitrogen and oxygen atoms in total. The minimum absolute atomic E-state index is 0.0216. The second kappa shape index (κ2) is 6.06. The summed E-state index contributed by atoms with van der Waals surface area (Å²) in [7, 11) is 0. The Morgan fingerprint density at radius 2 is 2.16 bits per heavy atom. The van der Waals surface area contributed by atoms with Crippen LogP contribution in [0.4, 0.5) is 0 Å². The van der Waals surface area contributed by atoms with Crippen LogP contribution in [0.25, 0.3) is 0 Å². The highest BCUT2D eigenvalue weighted by Gasteiger charge is 2.25. The molecule has 0 spiro atoms. The lowest BCUT2D eigenvalue weighted by atomic mass is 10.2. The Labute approximate surface area is 114 Å². The highest BCUT2D eigenvalue weighted by Crippen LogP contribution is 2.18. The molecule has 1 fully saturated rings. The normalized spacial score (nSPS) is 20.4. The van der Waals surface area contributed by atoms with E-state index in [1.54, 1.807) is 17.0 Å². The number of ether oxygens (including phenoxy) is 1. The third-order valence-electron chi connectivity index (χ3n) is 3.46. The van der Waals surface area contributed by atoms with E-state index in [0.717, 1.165) is 12.2 Å². The van der Waals surface area contributed by atoms with E-state index in [4.69, 9.17) is 4.74 Å². The van der Waals surface area contributed by atoms with Crippen molar-refractivity contribution in [3.05, 3.63) is 29.8 Å². The fraction of sp³-hybridized carbons (Fsp3) is 0.533. The van der Waals surface area contributed by atoms with E-state index >= 15 is 0 Å². The van der Waals surface area contributed by atoms with Crippen molar-refractivity contribution < 1.29 is 14.6 Å². The molecule has 1 aliphatic rings. The van der Waals surface area contributed by atoms with Gasteiger partial charge in [-0.1, -0.05) is 6.92 Å². The van der Waals surface area contributed by atoms with E-state index in [9.17, 15) is 9.90 Å². The fourth-order valence-corrected chi connectivity index (χ4v) is 2.10. The second-order valence-corrected chi connectivity index (χ2v) is 5.05. The first-order chi connectivity index (χ1) is 9.10. The summed E-state index contributed by atoms with van der Waals surface area (Å²) in [5, 5.41) is 9.45. The van der Waals surface area contributed by atoms with Gasteiger partial charge in [0.15, 0.2) is 0 Å². The number of rotatable bonds is 4. The molecule has 1 aliphatic heterocycles. The van der Waals surface area contributed by atoms with Crippen LogP contribution in [0.15, 0.2) is 24.3 Å². The summed E-state index contributed by atoms with van der Waals surface area (Å²) in [6.07, 6.45) is 1.42. The van der Waals surface area contributed by atoms with E-state index in [-0.39, 0.29) is 18.1 Å². The Morgan fingerprint density at radius 1 is 1.47 bits per heavy atom. The van der Waals surface area contributed by atoms with Gasteiger partial charge in [-0.3, -0.25) is 4.79 Å². The van der Waals surface area contributed by atoms with Crippen molar-refractivity contribution in [1.29, 1.82) is 0 Å². The molecule has 1 aromatic rings. The Balaban J connectivity index is 2.00. The first kappa shape index (κ1) is 13.9. The molecule has 2 atom stereocenters. The van der Waals surface area contributed by atoms with E-state index in [0.29, 0.717) is 25.1 Å². The van der Waals surface area contributed by atoms with Gasteiger partial charge in [0.1, 0.15) is 5.75 Å². The Morgan fingerprint density at radius 3 is 2.68 bits per heavy atom. The SMILES string of the molecule is CCC(C)Oc1ccc(C(=O)N2CC[C@@H](O)C2)cc1. The van der Waals surface area contributed by atoms with Crippen LogP contribution < -0.4 is 4.74 Å². The monoisotopic (exact) mass is 263 g/mol. The molecule has 0 aromatic heterocycles. The van der Waals surface area contributed by atoms with Crippen molar-refractivity contribution in [2.24, 2.45) is 0 Å². The average molecular weight is 263 g/mol. The van der Waals surface area contributed by atoms with Crippen LogP contribution in [-0.2, 0) is 0 Å². The fourth-order valence-electron chi connectivity index (χ4n) is 2.10. The maximum Gasteiger partial charge on any atom is 0.253 e. The molecule has 1 N–H and O–H groups in total. The second-order valence-electron chi connectivity index (χ2n) is 5.05. The summed E-state index contributed by atoms with van der Waals surface area (Å²) in [6, 6.07) is 7.22. The number of benzene rings is 1. The van der Waals surface area contributed by atoms with Crippen LogP contribution in [-0.4, -0.2) is 41.2 Å². The van der Waals surface area contributed by atoms with Gasteiger partial charge in [0.25, 0.3) is 5.91 Å². The zero-order valence-corrected chi connectivity index (χ0v) is 11.5. The molecule has 0 saturated carbocycles. The molecule has 1 unspecified atom stereocenters. The minimum Gasteiger partial charge on any atom is -0.491 e. The molecule has 0 radical (unpaired) electrons. The molecule has 19 heavy (non-hydrogen) atoms. The number of hydrogen-bond acceptors (Lipinski definition) is 3. The van der Waals surface area contributed by atoms with Crippen LogP contribution in [0.2, 0.25) is 0 Å².